The minimum atomic E-state index is 0.683. The molecule has 0 aromatic heterocycles. The lowest BCUT2D eigenvalue weighted by molar-refractivity contribution is 0.138. The van der Waals surface area contributed by atoms with Crippen molar-refractivity contribution in [2.75, 3.05) is 13.1 Å². The molecule has 4 atom stereocenters. The largest absolute Gasteiger partial charge is 0.313 e. The highest BCUT2D eigenvalue weighted by Gasteiger charge is 2.34. The van der Waals surface area contributed by atoms with Crippen molar-refractivity contribution in [3.05, 3.63) is 0 Å². The van der Waals surface area contributed by atoms with Crippen LogP contribution in [0.25, 0.3) is 0 Å². The maximum Gasteiger partial charge on any atom is 0.0249 e. The number of rotatable bonds is 7. The second-order valence-electron chi connectivity index (χ2n) is 5.82. The molecule has 0 saturated carbocycles. The summed E-state index contributed by atoms with van der Waals surface area (Å²) in [7, 11) is 0. The molecule has 0 bridgehead atoms. The SMILES string of the molecule is CCCC(NCC)C(CC)N1CC(C)CC1C. The van der Waals surface area contributed by atoms with Crippen LogP contribution in [0.15, 0.2) is 0 Å². The zero-order valence-corrected chi connectivity index (χ0v) is 12.5. The molecule has 0 radical (unpaired) electrons. The fourth-order valence-corrected chi connectivity index (χ4v) is 3.55. The fraction of sp³-hybridized carbons (Fsp3) is 1.00. The minimum absolute atomic E-state index is 0.683. The molecule has 1 heterocycles. The van der Waals surface area contributed by atoms with Crippen molar-refractivity contribution in [3.8, 4) is 0 Å². The third kappa shape index (κ3) is 3.96. The standard InChI is InChI=1S/C15H32N2/c1-6-9-14(16-8-3)15(7-2)17-11-12(4)10-13(17)5/h12-16H,6-11H2,1-5H3. The molecule has 0 amide bonds. The van der Waals surface area contributed by atoms with E-state index in [0.717, 1.165) is 24.5 Å². The van der Waals surface area contributed by atoms with Crippen molar-refractivity contribution < 1.29 is 0 Å². The van der Waals surface area contributed by atoms with Gasteiger partial charge in [0.25, 0.3) is 0 Å². The van der Waals surface area contributed by atoms with E-state index in [4.69, 9.17) is 0 Å². The molecule has 1 saturated heterocycles. The summed E-state index contributed by atoms with van der Waals surface area (Å²) in [6, 6.07) is 2.19. The van der Waals surface area contributed by atoms with E-state index in [2.05, 4.69) is 44.8 Å². The van der Waals surface area contributed by atoms with E-state index in [0.29, 0.717) is 6.04 Å². The average Bonchev–Trinajstić information content (AvgIpc) is 2.60. The molecule has 0 aromatic rings. The van der Waals surface area contributed by atoms with Gasteiger partial charge in [-0.3, -0.25) is 4.90 Å². The minimum Gasteiger partial charge on any atom is -0.313 e. The van der Waals surface area contributed by atoms with Gasteiger partial charge in [0.15, 0.2) is 0 Å². The van der Waals surface area contributed by atoms with E-state index in [1.165, 1.54) is 32.2 Å². The van der Waals surface area contributed by atoms with Crippen LogP contribution in [0.4, 0.5) is 0 Å². The van der Waals surface area contributed by atoms with Gasteiger partial charge >= 0.3 is 0 Å². The first-order valence-electron chi connectivity index (χ1n) is 7.63. The Morgan fingerprint density at radius 1 is 1.24 bits per heavy atom. The molecule has 2 heteroatoms. The van der Waals surface area contributed by atoms with Gasteiger partial charge in [0, 0.05) is 24.7 Å². The Morgan fingerprint density at radius 2 is 1.94 bits per heavy atom. The number of likely N-dealkylation sites (N-methyl/N-ethyl adjacent to an activating group) is 1. The van der Waals surface area contributed by atoms with Gasteiger partial charge in [-0.15, -0.1) is 0 Å². The molecule has 1 N–H and O–H groups in total. The van der Waals surface area contributed by atoms with Crippen LogP contribution >= 0.6 is 0 Å². The van der Waals surface area contributed by atoms with Crippen molar-refractivity contribution in [2.45, 2.75) is 78.4 Å². The van der Waals surface area contributed by atoms with Gasteiger partial charge in [-0.1, -0.05) is 34.1 Å². The maximum atomic E-state index is 3.71. The van der Waals surface area contributed by atoms with Crippen LogP contribution in [0.5, 0.6) is 0 Å². The number of hydrogen-bond acceptors (Lipinski definition) is 2. The molecule has 1 aliphatic rings. The molecule has 1 fully saturated rings. The highest BCUT2D eigenvalue weighted by Crippen LogP contribution is 2.27. The highest BCUT2D eigenvalue weighted by molar-refractivity contribution is 4.91. The Kier molecular flexibility index (Phi) is 6.50. The molecule has 17 heavy (non-hydrogen) atoms. The highest BCUT2D eigenvalue weighted by atomic mass is 15.2. The van der Waals surface area contributed by atoms with E-state index in [9.17, 15) is 0 Å². The van der Waals surface area contributed by atoms with Crippen LogP contribution in [0, 0.1) is 5.92 Å². The molecule has 0 aliphatic carbocycles. The van der Waals surface area contributed by atoms with E-state index in [1.807, 2.05) is 0 Å². The van der Waals surface area contributed by atoms with Crippen LogP contribution in [0.1, 0.15) is 60.3 Å². The van der Waals surface area contributed by atoms with Gasteiger partial charge in [-0.2, -0.15) is 0 Å². The summed E-state index contributed by atoms with van der Waals surface area (Å²) < 4.78 is 0. The Balaban J connectivity index is 2.66. The first-order chi connectivity index (χ1) is 8.13. The summed E-state index contributed by atoms with van der Waals surface area (Å²) in [4.78, 5) is 2.76. The summed E-state index contributed by atoms with van der Waals surface area (Å²) >= 11 is 0. The smallest absolute Gasteiger partial charge is 0.0249 e. The molecule has 4 unspecified atom stereocenters. The first-order valence-corrected chi connectivity index (χ1v) is 7.63. The monoisotopic (exact) mass is 240 g/mol. The van der Waals surface area contributed by atoms with E-state index in [-0.39, 0.29) is 0 Å². The Labute approximate surface area is 108 Å². The van der Waals surface area contributed by atoms with Gasteiger partial charge in [0.05, 0.1) is 0 Å². The molecule has 0 aromatic carbocycles. The van der Waals surface area contributed by atoms with Crippen molar-refractivity contribution in [2.24, 2.45) is 5.92 Å². The number of hydrogen-bond donors (Lipinski definition) is 1. The fourth-order valence-electron chi connectivity index (χ4n) is 3.55. The molecule has 0 spiro atoms. The lowest BCUT2D eigenvalue weighted by atomic mass is 9.98. The van der Waals surface area contributed by atoms with Crippen LogP contribution in [-0.4, -0.2) is 36.1 Å². The normalized spacial score (nSPS) is 29.5. The maximum absolute atomic E-state index is 3.71. The lowest BCUT2D eigenvalue weighted by Gasteiger charge is -2.37. The summed E-state index contributed by atoms with van der Waals surface area (Å²) in [6.45, 7) is 14.1. The third-order valence-corrected chi connectivity index (χ3v) is 4.21. The molecule has 2 nitrogen and oxygen atoms in total. The zero-order valence-electron chi connectivity index (χ0n) is 12.5. The predicted octanol–water partition coefficient (Wildman–Crippen LogP) is 3.27. The average molecular weight is 240 g/mol. The lowest BCUT2D eigenvalue weighted by Crippen LogP contribution is -2.51. The zero-order chi connectivity index (χ0) is 12.8. The molecule has 1 rings (SSSR count). The van der Waals surface area contributed by atoms with E-state index in [1.54, 1.807) is 0 Å². The van der Waals surface area contributed by atoms with Gasteiger partial charge in [-0.05, 0) is 38.6 Å². The summed E-state index contributed by atoms with van der Waals surface area (Å²) in [5, 5.41) is 3.71. The van der Waals surface area contributed by atoms with Gasteiger partial charge in [0.1, 0.15) is 0 Å². The molecular formula is C15H32N2. The van der Waals surface area contributed by atoms with E-state index >= 15 is 0 Å². The Morgan fingerprint density at radius 3 is 2.35 bits per heavy atom. The topological polar surface area (TPSA) is 15.3 Å². The van der Waals surface area contributed by atoms with Crippen molar-refractivity contribution in [3.63, 3.8) is 0 Å². The molecular weight excluding hydrogens is 208 g/mol. The van der Waals surface area contributed by atoms with Crippen LogP contribution in [0.2, 0.25) is 0 Å². The first kappa shape index (κ1) is 15.0. The summed E-state index contributed by atoms with van der Waals surface area (Å²) in [6.07, 6.45) is 5.24. The van der Waals surface area contributed by atoms with Gasteiger partial charge < -0.3 is 5.32 Å². The van der Waals surface area contributed by atoms with Crippen LogP contribution in [-0.2, 0) is 0 Å². The second-order valence-corrected chi connectivity index (χ2v) is 5.82. The summed E-state index contributed by atoms with van der Waals surface area (Å²) in [5.74, 6) is 0.878. The molecule has 1 aliphatic heterocycles. The van der Waals surface area contributed by atoms with E-state index < -0.39 is 0 Å². The Hall–Kier alpha value is -0.0800. The van der Waals surface area contributed by atoms with Crippen LogP contribution < -0.4 is 5.32 Å². The number of likely N-dealkylation sites (tertiary alicyclic amines) is 1. The van der Waals surface area contributed by atoms with Crippen molar-refractivity contribution >= 4 is 0 Å². The predicted molar refractivity (Wildman–Crippen MR) is 76.4 cm³/mol. The quantitative estimate of drug-likeness (QED) is 0.735. The third-order valence-electron chi connectivity index (χ3n) is 4.21. The van der Waals surface area contributed by atoms with Gasteiger partial charge in [0.2, 0.25) is 0 Å². The number of nitrogens with zero attached hydrogens (tertiary/aromatic N) is 1. The summed E-state index contributed by atoms with van der Waals surface area (Å²) in [5.41, 5.74) is 0. The number of nitrogens with one attached hydrogen (secondary N) is 1. The molecule has 102 valence electrons. The Bertz CT molecular complexity index is 199. The van der Waals surface area contributed by atoms with Crippen molar-refractivity contribution in [1.82, 2.24) is 10.2 Å². The van der Waals surface area contributed by atoms with Gasteiger partial charge in [-0.25, -0.2) is 0 Å². The van der Waals surface area contributed by atoms with Crippen molar-refractivity contribution in [1.29, 1.82) is 0 Å². The second kappa shape index (κ2) is 7.38. The van der Waals surface area contributed by atoms with Crippen LogP contribution in [0.3, 0.4) is 0 Å².